The van der Waals surface area contributed by atoms with Crippen molar-refractivity contribution in [2.75, 3.05) is 7.11 Å². The number of rotatable bonds is 2. The second-order valence-electron chi connectivity index (χ2n) is 2.55. The molecule has 0 heterocycles. The van der Waals surface area contributed by atoms with E-state index in [0.29, 0.717) is 5.71 Å². The Hall–Kier alpha value is -1.82. The smallest absolute Gasteiger partial charge is 0.187 e. The molecule has 0 radical (unpaired) electrons. The Balaban J connectivity index is 3.14. The third kappa shape index (κ3) is 2.06. The minimum atomic E-state index is 0.306. The normalized spacial score (nSPS) is 10.7. The fourth-order valence-electron chi connectivity index (χ4n) is 1.06. The fourth-order valence-corrected chi connectivity index (χ4v) is 1.06. The molecule has 0 aliphatic heterocycles. The molecule has 1 aromatic rings. The molecule has 0 aromatic heterocycles. The van der Waals surface area contributed by atoms with Crippen molar-refractivity contribution in [2.45, 2.75) is 6.92 Å². The Bertz CT molecular complexity index is 363. The number of nitriles is 1. The van der Waals surface area contributed by atoms with Crippen LogP contribution in [0.15, 0.2) is 29.4 Å². The summed E-state index contributed by atoms with van der Waals surface area (Å²) in [5.41, 5.74) is 2.13. The topological polar surface area (TPSA) is 45.4 Å². The van der Waals surface area contributed by atoms with Gasteiger partial charge in [-0.1, -0.05) is 29.4 Å². The van der Waals surface area contributed by atoms with Crippen LogP contribution in [0.5, 0.6) is 0 Å². The van der Waals surface area contributed by atoms with Gasteiger partial charge in [0.15, 0.2) is 5.71 Å². The molecular formula is C10H10N2O. The first kappa shape index (κ1) is 9.27. The zero-order valence-electron chi connectivity index (χ0n) is 7.61. The zero-order chi connectivity index (χ0) is 9.68. The summed E-state index contributed by atoms with van der Waals surface area (Å²) in [6.45, 7) is 1.93. The molecule has 3 heteroatoms. The van der Waals surface area contributed by atoms with Gasteiger partial charge in [0.05, 0.1) is 0 Å². The lowest BCUT2D eigenvalue weighted by atomic mass is 10.1. The standard InChI is InChI=1S/C10H10N2O/c1-8-5-3-4-6-9(8)10(7-11)12-13-2/h3-6H,1-2H3/b12-10-. The van der Waals surface area contributed by atoms with Crippen molar-refractivity contribution < 1.29 is 4.84 Å². The lowest BCUT2D eigenvalue weighted by molar-refractivity contribution is 0.214. The van der Waals surface area contributed by atoms with Crippen molar-refractivity contribution in [1.29, 1.82) is 5.26 Å². The molecule has 0 saturated heterocycles. The van der Waals surface area contributed by atoms with Crippen molar-refractivity contribution in [3.05, 3.63) is 35.4 Å². The fraction of sp³-hybridized carbons (Fsp3) is 0.200. The predicted molar refractivity (Wildman–Crippen MR) is 50.3 cm³/mol. The summed E-state index contributed by atoms with van der Waals surface area (Å²) in [5.74, 6) is 0. The molecule has 0 spiro atoms. The van der Waals surface area contributed by atoms with E-state index in [-0.39, 0.29) is 0 Å². The quantitative estimate of drug-likeness (QED) is 0.507. The Morgan fingerprint density at radius 1 is 1.46 bits per heavy atom. The van der Waals surface area contributed by atoms with Gasteiger partial charge in [-0.2, -0.15) is 5.26 Å². The van der Waals surface area contributed by atoms with E-state index in [4.69, 9.17) is 5.26 Å². The van der Waals surface area contributed by atoms with Crippen molar-refractivity contribution in [1.82, 2.24) is 0 Å². The van der Waals surface area contributed by atoms with Gasteiger partial charge in [0.25, 0.3) is 0 Å². The Kier molecular flexibility index (Phi) is 3.04. The first-order valence-electron chi connectivity index (χ1n) is 3.87. The molecule has 3 nitrogen and oxygen atoms in total. The van der Waals surface area contributed by atoms with E-state index in [0.717, 1.165) is 11.1 Å². The van der Waals surface area contributed by atoms with Crippen LogP contribution in [0.2, 0.25) is 0 Å². The summed E-state index contributed by atoms with van der Waals surface area (Å²) in [6.07, 6.45) is 0. The molecule has 0 aliphatic rings. The number of aryl methyl sites for hydroxylation is 1. The Labute approximate surface area is 77.2 Å². The van der Waals surface area contributed by atoms with Crippen LogP contribution in [0.1, 0.15) is 11.1 Å². The highest BCUT2D eigenvalue weighted by atomic mass is 16.6. The highest BCUT2D eigenvalue weighted by Crippen LogP contribution is 2.08. The van der Waals surface area contributed by atoms with E-state index in [1.807, 2.05) is 37.3 Å². The summed E-state index contributed by atoms with van der Waals surface area (Å²) in [6, 6.07) is 9.54. The minimum absolute atomic E-state index is 0.306. The summed E-state index contributed by atoms with van der Waals surface area (Å²) in [7, 11) is 1.43. The van der Waals surface area contributed by atoms with Crippen LogP contribution < -0.4 is 0 Å². The Morgan fingerprint density at radius 3 is 2.69 bits per heavy atom. The molecule has 13 heavy (non-hydrogen) atoms. The number of nitrogens with zero attached hydrogens (tertiary/aromatic N) is 2. The highest BCUT2D eigenvalue weighted by Gasteiger charge is 2.04. The monoisotopic (exact) mass is 174 g/mol. The minimum Gasteiger partial charge on any atom is -0.398 e. The zero-order valence-corrected chi connectivity index (χ0v) is 7.61. The lowest BCUT2D eigenvalue weighted by Gasteiger charge is -2.00. The number of hydrogen-bond acceptors (Lipinski definition) is 3. The SMILES string of the molecule is CO/N=C(/C#N)c1ccccc1C. The Morgan fingerprint density at radius 2 is 2.15 bits per heavy atom. The van der Waals surface area contributed by atoms with Gasteiger partial charge in [-0.05, 0) is 12.5 Å². The van der Waals surface area contributed by atoms with E-state index in [9.17, 15) is 0 Å². The number of oxime groups is 1. The van der Waals surface area contributed by atoms with E-state index >= 15 is 0 Å². The van der Waals surface area contributed by atoms with Crippen LogP contribution in [0, 0.1) is 18.3 Å². The van der Waals surface area contributed by atoms with Crippen molar-refractivity contribution in [3.8, 4) is 6.07 Å². The van der Waals surface area contributed by atoms with Crippen molar-refractivity contribution >= 4 is 5.71 Å². The average molecular weight is 174 g/mol. The van der Waals surface area contributed by atoms with Crippen molar-refractivity contribution in [2.24, 2.45) is 5.16 Å². The van der Waals surface area contributed by atoms with Crippen LogP contribution >= 0.6 is 0 Å². The van der Waals surface area contributed by atoms with Crippen LogP contribution in [-0.2, 0) is 4.84 Å². The predicted octanol–water partition coefficient (Wildman–Crippen LogP) is 1.87. The highest BCUT2D eigenvalue weighted by molar-refractivity contribution is 6.12. The molecule has 0 N–H and O–H groups in total. The summed E-state index contributed by atoms with van der Waals surface area (Å²) >= 11 is 0. The average Bonchev–Trinajstić information content (AvgIpc) is 2.16. The third-order valence-corrected chi connectivity index (χ3v) is 1.69. The lowest BCUT2D eigenvalue weighted by Crippen LogP contribution is -2.00. The molecule has 0 amide bonds. The molecule has 0 unspecified atom stereocenters. The van der Waals surface area contributed by atoms with Gasteiger partial charge in [-0.15, -0.1) is 0 Å². The molecular weight excluding hydrogens is 164 g/mol. The maximum Gasteiger partial charge on any atom is 0.187 e. The van der Waals surface area contributed by atoms with Gasteiger partial charge in [-0.25, -0.2) is 0 Å². The van der Waals surface area contributed by atoms with Crippen LogP contribution in [0.25, 0.3) is 0 Å². The second kappa shape index (κ2) is 4.27. The second-order valence-corrected chi connectivity index (χ2v) is 2.55. The molecule has 0 bridgehead atoms. The molecule has 0 aliphatic carbocycles. The summed E-state index contributed by atoms with van der Waals surface area (Å²) < 4.78 is 0. The molecule has 0 saturated carbocycles. The van der Waals surface area contributed by atoms with Gasteiger partial charge in [0.1, 0.15) is 13.2 Å². The van der Waals surface area contributed by atoms with E-state index in [1.54, 1.807) is 0 Å². The van der Waals surface area contributed by atoms with Gasteiger partial charge >= 0.3 is 0 Å². The van der Waals surface area contributed by atoms with E-state index in [1.165, 1.54) is 7.11 Å². The van der Waals surface area contributed by atoms with Crippen molar-refractivity contribution in [3.63, 3.8) is 0 Å². The van der Waals surface area contributed by atoms with Gasteiger partial charge in [0, 0.05) is 5.56 Å². The van der Waals surface area contributed by atoms with Crippen LogP contribution in [-0.4, -0.2) is 12.8 Å². The summed E-state index contributed by atoms with van der Waals surface area (Å²) in [5, 5.41) is 12.4. The third-order valence-electron chi connectivity index (χ3n) is 1.69. The molecule has 66 valence electrons. The number of hydrogen-bond donors (Lipinski definition) is 0. The first-order chi connectivity index (χ1) is 6.29. The van der Waals surface area contributed by atoms with E-state index in [2.05, 4.69) is 9.99 Å². The molecule has 0 fully saturated rings. The maximum absolute atomic E-state index is 8.77. The first-order valence-corrected chi connectivity index (χ1v) is 3.87. The molecule has 1 rings (SSSR count). The molecule has 1 aromatic carbocycles. The van der Waals surface area contributed by atoms with Gasteiger partial charge in [0.2, 0.25) is 0 Å². The van der Waals surface area contributed by atoms with Crippen LogP contribution in [0.4, 0.5) is 0 Å². The van der Waals surface area contributed by atoms with Gasteiger partial charge < -0.3 is 4.84 Å². The number of benzene rings is 1. The van der Waals surface area contributed by atoms with E-state index < -0.39 is 0 Å². The van der Waals surface area contributed by atoms with Gasteiger partial charge in [-0.3, -0.25) is 0 Å². The largest absolute Gasteiger partial charge is 0.398 e. The summed E-state index contributed by atoms with van der Waals surface area (Å²) in [4.78, 5) is 4.57. The maximum atomic E-state index is 8.77. The van der Waals surface area contributed by atoms with Crippen LogP contribution in [0.3, 0.4) is 0 Å². The molecule has 0 atom stereocenters.